The van der Waals surface area contributed by atoms with Gasteiger partial charge < -0.3 is 9.88 Å². The number of aromatic nitrogens is 3. The van der Waals surface area contributed by atoms with Crippen molar-refractivity contribution in [2.75, 3.05) is 13.1 Å². The first-order valence-corrected chi connectivity index (χ1v) is 6.36. The summed E-state index contributed by atoms with van der Waals surface area (Å²) in [5, 5.41) is 12.0. The second-order valence-corrected chi connectivity index (χ2v) is 4.77. The molecule has 1 saturated heterocycles. The summed E-state index contributed by atoms with van der Waals surface area (Å²) in [6.07, 6.45) is 3.52. The number of rotatable bonds is 3. The summed E-state index contributed by atoms with van der Waals surface area (Å²) >= 11 is 0. The number of hydrogen-bond acceptors (Lipinski definition) is 3. The molecular weight excluding hydrogens is 200 g/mol. The maximum atomic E-state index is 4.35. The molecule has 0 aromatic carbocycles. The van der Waals surface area contributed by atoms with Gasteiger partial charge in [-0.3, -0.25) is 0 Å². The molecule has 1 aromatic rings. The van der Waals surface area contributed by atoms with Gasteiger partial charge in [-0.05, 0) is 39.3 Å². The van der Waals surface area contributed by atoms with E-state index in [0.717, 1.165) is 25.3 Å². The van der Waals surface area contributed by atoms with Crippen molar-refractivity contribution in [3.8, 4) is 0 Å². The molecule has 0 radical (unpaired) electrons. The van der Waals surface area contributed by atoms with E-state index in [1.165, 1.54) is 18.7 Å². The molecule has 2 heterocycles. The number of piperidine rings is 1. The molecule has 1 atom stereocenters. The van der Waals surface area contributed by atoms with E-state index in [2.05, 4.69) is 40.9 Å². The third-order valence-electron chi connectivity index (χ3n) is 3.62. The Morgan fingerprint density at radius 3 is 2.69 bits per heavy atom. The Kier molecular flexibility index (Phi) is 3.59. The third kappa shape index (κ3) is 2.12. The predicted molar refractivity (Wildman–Crippen MR) is 64.6 cm³/mol. The highest BCUT2D eigenvalue weighted by molar-refractivity contribution is 5.03. The number of nitrogens with zero attached hydrogens (tertiary/aromatic N) is 3. The van der Waals surface area contributed by atoms with E-state index < -0.39 is 0 Å². The van der Waals surface area contributed by atoms with E-state index >= 15 is 0 Å². The van der Waals surface area contributed by atoms with Crippen molar-refractivity contribution in [3.05, 3.63) is 11.6 Å². The van der Waals surface area contributed by atoms with Crippen LogP contribution in [-0.4, -0.2) is 27.9 Å². The highest BCUT2D eigenvalue weighted by Gasteiger charge is 2.22. The second-order valence-electron chi connectivity index (χ2n) is 4.77. The first-order chi connectivity index (χ1) is 7.74. The molecular formula is C12H22N4. The molecule has 1 aliphatic rings. The highest BCUT2D eigenvalue weighted by atomic mass is 15.3. The fourth-order valence-electron chi connectivity index (χ4n) is 2.42. The lowest BCUT2D eigenvalue weighted by molar-refractivity contribution is 0.349. The van der Waals surface area contributed by atoms with Crippen LogP contribution >= 0.6 is 0 Å². The predicted octanol–water partition coefficient (Wildman–Crippen LogP) is 2.02. The fraction of sp³-hybridized carbons (Fsp3) is 0.833. The molecule has 1 aromatic heterocycles. The van der Waals surface area contributed by atoms with Crippen LogP contribution in [0.15, 0.2) is 0 Å². The molecule has 1 N–H and O–H groups in total. The lowest BCUT2D eigenvalue weighted by atomic mass is 10.0. The SMILES string of the molecule is CCC(C)c1nnc(C)n1C1CCNCC1. The van der Waals surface area contributed by atoms with Crippen LogP contribution in [0.25, 0.3) is 0 Å². The van der Waals surface area contributed by atoms with Crippen molar-refractivity contribution >= 4 is 0 Å². The molecule has 1 unspecified atom stereocenters. The van der Waals surface area contributed by atoms with Gasteiger partial charge >= 0.3 is 0 Å². The second kappa shape index (κ2) is 4.95. The van der Waals surface area contributed by atoms with E-state index in [-0.39, 0.29) is 0 Å². The monoisotopic (exact) mass is 222 g/mol. The molecule has 0 aliphatic carbocycles. The molecule has 90 valence electrons. The lowest BCUT2D eigenvalue weighted by Gasteiger charge is -2.27. The molecule has 0 saturated carbocycles. The maximum Gasteiger partial charge on any atom is 0.136 e. The Morgan fingerprint density at radius 2 is 2.06 bits per heavy atom. The average Bonchev–Trinajstić information content (AvgIpc) is 2.71. The zero-order chi connectivity index (χ0) is 11.5. The van der Waals surface area contributed by atoms with Crippen molar-refractivity contribution in [1.29, 1.82) is 0 Å². The highest BCUT2D eigenvalue weighted by Crippen LogP contribution is 2.26. The van der Waals surface area contributed by atoms with Gasteiger partial charge in [-0.1, -0.05) is 13.8 Å². The Labute approximate surface area is 97.5 Å². The summed E-state index contributed by atoms with van der Waals surface area (Å²) in [6, 6.07) is 0.597. The van der Waals surface area contributed by atoms with Crippen LogP contribution in [0.1, 0.15) is 56.7 Å². The summed E-state index contributed by atoms with van der Waals surface area (Å²) in [5.74, 6) is 2.75. The van der Waals surface area contributed by atoms with Crippen molar-refractivity contribution in [2.45, 2.75) is 52.0 Å². The zero-order valence-corrected chi connectivity index (χ0v) is 10.5. The normalized spacial score (nSPS) is 19.9. The van der Waals surface area contributed by atoms with Gasteiger partial charge in [0.15, 0.2) is 0 Å². The zero-order valence-electron chi connectivity index (χ0n) is 10.5. The van der Waals surface area contributed by atoms with E-state index in [4.69, 9.17) is 0 Å². The van der Waals surface area contributed by atoms with Gasteiger partial charge in [0, 0.05) is 12.0 Å². The minimum Gasteiger partial charge on any atom is -0.317 e. The van der Waals surface area contributed by atoms with Gasteiger partial charge in [0.1, 0.15) is 11.6 Å². The molecule has 4 nitrogen and oxygen atoms in total. The minimum absolute atomic E-state index is 0.510. The van der Waals surface area contributed by atoms with Gasteiger partial charge in [-0.15, -0.1) is 10.2 Å². The quantitative estimate of drug-likeness (QED) is 0.851. The van der Waals surface area contributed by atoms with Crippen LogP contribution in [0.2, 0.25) is 0 Å². The third-order valence-corrected chi connectivity index (χ3v) is 3.62. The molecule has 1 fully saturated rings. The van der Waals surface area contributed by atoms with Gasteiger partial charge in [0.05, 0.1) is 0 Å². The summed E-state index contributed by atoms with van der Waals surface area (Å²) in [6.45, 7) is 8.74. The molecule has 0 spiro atoms. The van der Waals surface area contributed by atoms with E-state index in [1.54, 1.807) is 0 Å². The van der Waals surface area contributed by atoms with E-state index in [9.17, 15) is 0 Å². The maximum absolute atomic E-state index is 4.35. The molecule has 2 rings (SSSR count). The Hall–Kier alpha value is -0.900. The summed E-state index contributed by atoms with van der Waals surface area (Å²) in [7, 11) is 0. The smallest absolute Gasteiger partial charge is 0.136 e. The molecule has 16 heavy (non-hydrogen) atoms. The van der Waals surface area contributed by atoms with Crippen molar-refractivity contribution in [1.82, 2.24) is 20.1 Å². The van der Waals surface area contributed by atoms with Crippen LogP contribution in [0.3, 0.4) is 0 Å². The minimum atomic E-state index is 0.510. The van der Waals surface area contributed by atoms with Crippen molar-refractivity contribution in [2.24, 2.45) is 0 Å². The largest absolute Gasteiger partial charge is 0.317 e. The first-order valence-electron chi connectivity index (χ1n) is 6.36. The van der Waals surface area contributed by atoms with Crippen LogP contribution in [0.5, 0.6) is 0 Å². The van der Waals surface area contributed by atoms with Crippen molar-refractivity contribution < 1.29 is 0 Å². The van der Waals surface area contributed by atoms with Crippen molar-refractivity contribution in [3.63, 3.8) is 0 Å². The fourth-order valence-corrected chi connectivity index (χ4v) is 2.42. The summed E-state index contributed by atoms with van der Waals surface area (Å²) in [4.78, 5) is 0. The van der Waals surface area contributed by atoms with E-state index in [1.807, 2.05) is 0 Å². The number of aryl methyl sites for hydroxylation is 1. The van der Waals surface area contributed by atoms with Gasteiger partial charge in [-0.25, -0.2) is 0 Å². The Balaban J connectivity index is 2.26. The number of hydrogen-bond donors (Lipinski definition) is 1. The first kappa shape index (κ1) is 11.6. The van der Waals surface area contributed by atoms with Gasteiger partial charge in [-0.2, -0.15) is 0 Å². The number of nitrogens with one attached hydrogen (secondary N) is 1. The Morgan fingerprint density at radius 1 is 1.38 bits per heavy atom. The van der Waals surface area contributed by atoms with Gasteiger partial charge in [0.25, 0.3) is 0 Å². The standard InChI is InChI=1S/C12H22N4/c1-4-9(2)12-15-14-10(3)16(12)11-5-7-13-8-6-11/h9,11,13H,4-8H2,1-3H3. The van der Waals surface area contributed by atoms with Crippen LogP contribution in [-0.2, 0) is 0 Å². The molecule has 1 aliphatic heterocycles. The molecule has 4 heteroatoms. The summed E-state index contributed by atoms with van der Waals surface area (Å²) < 4.78 is 2.37. The summed E-state index contributed by atoms with van der Waals surface area (Å²) in [5.41, 5.74) is 0. The van der Waals surface area contributed by atoms with Gasteiger partial charge in [0.2, 0.25) is 0 Å². The molecule has 0 bridgehead atoms. The van der Waals surface area contributed by atoms with Crippen LogP contribution in [0, 0.1) is 6.92 Å². The lowest BCUT2D eigenvalue weighted by Crippen LogP contribution is -2.30. The average molecular weight is 222 g/mol. The van der Waals surface area contributed by atoms with E-state index in [0.29, 0.717) is 12.0 Å². The van der Waals surface area contributed by atoms with Crippen LogP contribution < -0.4 is 5.32 Å². The van der Waals surface area contributed by atoms with Crippen LogP contribution in [0.4, 0.5) is 0 Å². The topological polar surface area (TPSA) is 42.7 Å². The molecule has 0 amide bonds. The Bertz CT molecular complexity index is 339.